The summed E-state index contributed by atoms with van der Waals surface area (Å²) in [7, 11) is 1.52. The van der Waals surface area contributed by atoms with Gasteiger partial charge in [-0.1, -0.05) is 12.1 Å². The molecule has 1 unspecified atom stereocenters. The van der Waals surface area contributed by atoms with Crippen molar-refractivity contribution in [1.29, 1.82) is 5.41 Å². The molecule has 2 N–H and O–H groups in total. The van der Waals surface area contributed by atoms with E-state index in [2.05, 4.69) is 5.32 Å². The Morgan fingerprint density at radius 3 is 2.43 bits per heavy atom. The summed E-state index contributed by atoms with van der Waals surface area (Å²) in [5.74, 6) is 0.883. The largest absolute Gasteiger partial charge is 0.497 e. The van der Waals surface area contributed by atoms with E-state index >= 15 is 0 Å². The molecule has 1 atom stereocenters. The van der Waals surface area contributed by atoms with Crippen LogP contribution < -0.4 is 15.0 Å². The van der Waals surface area contributed by atoms with Crippen LogP contribution in [0.3, 0.4) is 0 Å². The number of aryl methyl sites for hydroxylation is 2. The first-order chi connectivity index (χ1) is 14.2. The quantitative estimate of drug-likeness (QED) is 0.453. The van der Waals surface area contributed by atoms with Gasteiger partial charge in [-0.15, -0.1) is 0 Å². The van der Waals surface area contributed by atoms with Gasteiger partial charge in [-0.2, -0.15) is 0 Å². The van der Waals surface area contributed by atoms with E-state index in [0.29, 0.717) is 17.1 Å². The number of hydrogen-bond acceptors (Lipinski definition) is 5. The van der Waals surface area contributed by atoms with E-state index in [1.54, 1.807) is 24.3 Å². The number of carbonyl (C=O) groups is 3. The monoisotopic (exact) mass is 405 g/mol. The Morgan fingerprint density at radius 2 is 1.83 bits per heavy atom. The van der Waals surface area contributed by atoms with Gasteiger partial charge in [0, 0.05) is 11.4 Å². The third kappa shape index (κ3) is 3.63. The second-order valence-corrected chi connectivity index (χ2v) is 7.48. The fourth-order valence-corrected chi connectivity index (χ4v) is 3.58. The van der Waals surface area contributed by atoms with Crippen LogP contribution >= 0.6 is 0 Å². The SMILES string of the molecule is COc1ccc(N2C(=O)C(=C=N)C(=O)C2(C)CC(=O)Nc2cc(C)ccc2C)cc1. The number of ketones is 1. The van der Waals surface area contributed by atoms with Gasteiger partial charge in [0.15, 0.2) is 0 Å². The Kier molecular flexibility index (Phi) is 5.58. The normalized spacial score (nSPS) is 18.4. The number of benzene rings is 2. The highest BCUT2D eigenvalue weighted by Crippen LogP contribution is 2.37. The zero-order valence-corrected chi connectivity index (χ0v) is 17.3. The molecule has 0 aromatic heterocycles. The lowest BCUT2D eigenvalue weighted by Gasteiger charge is -2.32. The fourth-order valence-electron chi connectivity index (χ4n) is 3.58. The van der Waals surface area contributed by atoms with Crippen LogP contribution in [-0.2, 0) is 14.4 Å². The molecule has 0 radical (unpaired) electrons. The molecule has 1 aliphatic rings. The minimum atomic E-state index is -1.48. The Hall–Kier alpha value is -3.70. The molecule has 154 valence electrons. The summed E-state index contributed by atoms with van der Waals surface area (Å²) in [5, 5.41) is 10.2. The Bertz CT molecular complexity index is 1080. The van der Waals surface area contributed by atoms with Crippen molar-refractivity contribution < 1.29 is 19.1 Å². The molecule has 0 aliphatic carbocycles. The van der Waals surface area contributed by atoms with Gasteiger partial charge < -0.3 is 10.1 Å². The number of carbonyl (C=O) groups excluding carboxylic acids is 3. The van der Waals surface area contributed by atoms with E-state index in [9.17, 15) is 14.4 Å². The molecule has 3 rings (SSSR count). The van der Waals surface area contributed by atoms with Gasteiger partial charge in [0.05, 0.1) is 13.5 Å². The van der Waals surface area contributed by atoms with Crippen molar-refractivity contribution in [3.63, 3.8) is 0 Å². The van der Waals surface area contributed by atoms with E-state index in [-0.39, 0.29) is 12.0 Å². The van der Waals surface area contributed by atoms with Crippen molar-refractivity contribution in [1.82, 2.24) is 0 Å². The molecule has 2 amide bonds. The molecule has 1 fully saturated rings. The van der Waals surface area contributed by atoms with E-state index < -0.39 is 23.1 Å². The van der Waals surface area contributed by atoms with Gasteiger partial charge in [-0.25, -0.2) is 0 Å². The number of hydrogen-bond donors (Lipinski definition) is 2. The number of rotatable bonds is 5. The predicted molar refractivity (Wildman–Crippen MR) is 114 cm³/mol. The first-order valence-corrected chi connectivity index (χ1v) is 9.41. The first-order valence-electron chi connectivity index (χ1n) is 9.41. The summed E-state index contributed by atoms with van der Waals surface area (Å²) < 4.78 is 5.14. The van der Waals surface area contributed by atoms with Gasteiger partial charge >= 0.3 is 0 Å². The van der Waals surface area contributed by atoms with Crippen LogP contribution in [0, 0.1) is 19.3 Å². The average molecular weight is 405 g/mol. The molecular formula is C23H23N3O4. The van der Waals surface area contributed by atoms with Crippen molar-refractivity contribution >= 4 is 34.8 Å². The van der Waals surface area contributed by atoms with Crippen LogP contribution in [0.5, 0.6) is 5.75 Å². The van der Waals surface area contributed by atoms with Crippen molar-refractivity contribution in [2.24, 2.45) is 0 Å². The molecule has 1 aliphatic heterocycles. The van der Waals surface area contributed by atoms with E-state index in [1.807, 2.05) is 37.9 Å². The van der Waals surface area contributed by atoms with Gasteiger partial charge in [-0.3, -0.25) is 24.7 Å². The zero-order chi connectivity index (χ0) is 22.1. The number of amides is 2. The number of nitrogens with one attached hydrogen (secondary N) is 2. The predicted octanol–water partition coefficient (Wildman–Crippen LogP) is 3.19. The standard InChI is InChI=1S/C23H23N3O4/c1-14-5-6-15(2)19(11-14)25-20(27)12-23(3)21(28)18(13-24)22(29)26(23)16-7-9-17(30-4)10-8-16/h5-11,24H,12H2,1-4H3,(H,25,27). The van der Waals surface area contributed by atoms with Crippen LogP contribution in [0.2, 0.25) is 0 Å². The zero-order valence-electron chi connectivity index (χ0n) is 17.3. The lowest BCUT2D eigenvalue weighted by atomic mass is 9.90. The molecule has 7 nitrogen and oxygen atoms in total. The molecular weight excluding hydrogens is 382 g/mol. The molecule has 1 saturated heterocycles. The summed E-state index contributed by atoms with van der Waals surface area (Å²) in [6.07, 6.45) is -0.262. The second-order valence-electron chi connectivity index (χ2n) is 7.48. The van der Waals surface area contributed by atoms with Gasteiger partial charge in [0.25, 0.3) is 5.91 Å². The molecule has 1 heterocycles. The first kappa shape index (κ1) is 21.0. The molecule has 0 bridgehead atoms. The molecule has 2 aromatic rings. The minimum absolute atomic E-state index is 0.262. The maximum absolute atomic E-state index is 13.0. The Labute approximate surface area is 174 Å². The minimum Gasteiger partial charge on any atom is -0.497 e. The summed E-state index contributed by atoms with van der Waals surface area (Å²) in [5.41, 5.74) is 1.12. The Morgan fingerprint density at radius 1 is 1.17 bits per heavy atom. The van der Waals surface area contributed by atoms with Crippen LogP contribution in [0.4, 0.5) is 11.4 Å². The van der Waals surface area contributed by atoms with E-state index in [1.165, 1.54) is 18.9 Å². The number of anilines is 2. The maximum Gasteiger partial charge on any atom is 0.272 e. The second kappa shape index (κ2) is 7.97. The van der Waals surface area contributed by atoms with Crippen molar-refractivity contribution in [3.05, 3.63) is 59.2 Å². The number of Topliss-reactive ketones (excluding diaryl/α,β-unsaturated/α-hetero) is 1. The van der Waals surface area contributed by atoms with E-state index in [0.717, 1.165) is 11.1 Å². The summed E-state index contributed by atoms with van der Waals surface area (Å²) in [4.78, 5) is 40.0. The van der Waals surface area contributed by atoms with Crippen LogP contribution in [0.1, 0.15) is 24.5 Å². The maximum atomic E-state index is 13.0. The number of ether oxygens (including phenoxy) is 1. The van der Waals surface area contributed by atoms with Crippen LogP contribution in [0.15, 0.2) is 48.0 Å². The number of nitrogens with zero attached hydrogens (tertiary/aromatic N) is 1. The summed E-state index contributed by atoms with van der Waals surface area (Å²) >= 11 is 0. The molecule has 0 saturated carbocycles. The van der Waals surface area contributed by atoms with Crippen molar-refractivity contribution in [2.45, 2.75) is 32.7 Å². The van der Waals surface area contributed by atoms with Crippen LogP contribution in [-0.4, -0.2) is 36.1 Å². The van der Waals surface area contributed by atoms with Gasteiger partial charge in [0.1, 0.15) is 16.9 Å². The van der Waals surface area contributed by atoms with Gasteiger partial charge in [0.2, 0.25) is 11.7 Å². The molecule has 0 spiro atoms. The highest BCUT2D eigenvalue weighted by Gasteiger charge is 2.54. The summed E-state index contributed by atoms with van der Waals surface area (Å²) in [6, 6.07) is 12.3. The fraction of sp³-hybridized carbons (Fsp3) is 0.261. The lowest BCUT2D eigenvalue weighted by molar-refractivity contribution is -0.124. The highest BCUT2D eigenvalue weighted by atomic mass is 16.5. The third-order valence-corrected chi connectivity index (χ3v) is 5.25. The highest BCUT2D eigenvalue weighted by molar-refractivity contribution is 6.39. The van der Waals surface area contributed by atoms with Crippen molar-refractivity contribution in [2.75, 3.05) is 17.3 Å². The lowest BCUT2D eigenvalue weighted by Crippen LogP contribution is -2.49. The Balaban J connectivity index is 1.96. The smallest absolute Gasteiger partial charge is 0.272 e. The molecule has 2 aromatic carbocycles. The molecule has 7 heteroatoms. The third-order valence-electron chi connectivity index (χ3n) is 5.25. The van der Waals surface area contributed by atoms with E-state index in [4.69, 9.17) is 10.1 Å². The summed E-state index contributed by atoms with van der Waals surface area (Å²) in [6.45, 7) is 5.33. The topological polar surface area (TPSA) is 99.6 Å². The van der Waals surface area contributed by atoms with Crippen molar-refractivity contribution in [3.8, 4) is 5.75 Å². The molecule has 30 heavy (non-hydrogen) atoms. The van der Waals surface area contributed by atoms with Gasteiger partial charge in [-0.05, 0) is 68.1 Å². The van der Waals surface area contributed by atoms with Crippen LogP contribution in [0.25, 0.3) is 0 Å². The number of methoxy groups -OCH3 is 1. The average Bonchev–Trinajstić information content (AvgIpc) is 2.89.